The lowest BCUT2D eigenvalue weighted by molar-refractivity contribution is -0.137. The lowest BCUT2D eigenvalue weighted by Gasteiger charge is -2.31. The van der Waals surface area contributed by atoms with Crippen molar-refractivity contribution < 1.29 is 26.0 Å². The third-order valence-corrected chi connectivity index (χ3v) is 7.90. The third-order valence-electron chi connectivity index (χ3n) is 4.72. The lowest BCUT2D eigenvalue weighted by atomic mass is 9.94. The highest BCUT2D eigenvalue weighted by Crippen LogP contribution is 2.39. The first-order chi connectivity index (χ1) is 13.7. The quantitative estimate of drug-likeness (QED) is 0.530. The number of alkyl halides is 3. The SMILES string of the molecule is O=S(=O)(c1cccs1)N1CCCc2c(-c3ccc(C(F)(F)F)cc3F)cncc21. The second-order valence-electron chi connectivity index (χ2n) is 6.49. The van der Waals surface area contributed by atoms with Crippen LogP contribution in [0.5, 0.6) is 0 Å². The van der Waals surface area contributed by atoms with Crippen LogP contribution in [0.15, 0.2) is 52.3 Å². The van der Waals surface area contributed by atoms with Crippen molar-refractivity contribution in [3.63, 3.8) is 0 Å². The van der Waals surface area contributed by atoms with Crippen molar-refractivity contribution in [1.82, 2.24) is 4.98 Å². The van der Waals surface area contributed by atoms with Gasteiger partial charge in [0, 0.05) is 23.9 Å². The van der Waals surface area contributed by atoms with Gasteiger partial charge in [0.15, 0.2) is 0 Å². The van der Waals surface area contributed by atoms with E-state index in [-0.39, 0.29) is 16.3 Å². The number of pyridine rings is 1. The topological polar surface area (TPSA) is 50.3 Å². The molecule has 0 saturated heterocycles. The maximum atomic E-state index is 14.5. The predicted octanol–water partition coefficient (Wildman–Crippen LogP) is 5.11. The van der Waals surface area contributed by atoms with Crippen molar-refractivity contribution in [3.8, 4) is 11.1 Å². The smallest absolute Gasteiger partial charge is 0.264 e. The van der Waals surface area contributed by atoms with Crippen molar-refractivity contribution in [1.29, 1.82) is 0 Å². The Balaban J connectivity index is 1.82. The molecule has 1 aliphatic rings. The summed E-state index contributed by atoms with van der Waals surface area (Å²) in [6.45, 7) is 0.244. The summed E-state index contributed by atoms with van der Waals surface area (Å²) in [5.74, 6) is -1.03. The summed E-state index contributed by atoms with van der Waals surface area (Å²) < 4.78 is 80.4. The number of sulfonamides is 1. The number of thiophene rings is 1. The Kier molecular flexibility index (Phi) is 4.86. The molecule has 0 saturated carbocycles. The molecule has 0 spiro atoms. The number of hydrogen-bond acceptors (Lipinski definition) is 4. The van der Waals surface area contributed by atoms with Crippen LogP contribution in [0.4, 0.5) is 23.2 Å². The number of halogens is 4. The highest BCUT2D eigenvalue weighted by Gasteiger charge is 2.33. The van der Waals surface area contributed by atoms with Gasteiger partial charge in [-0.15, -0.1) is 11.3 Å². The summed E-state index contributed by atoms with van der Waals surface area (Å²) in [5.41, 5.74) is 0.0300. The Bertz CT molecular complexity index is 1160. The van der Waals surface area contributed by atoms with Crippen molar-refractivity contribution in [2.75, 3.05) is 10.8 Å². The third kappa shape index (κ3) is 3.51. The van der Waals surface area contributed by atoms with Gasteiger partial charge in [0.05, 0.1) is 17.4 Å². The average Bonchev–Trinajstić information content (AvgIpc) is 3.22. The largest absolute Gasteiger partial charge is 0.416 e. The maximum Gasteiger partial charge on any atom is 0.416 e. The zero-order valence-corrected chi connectivity index (χ0v) is 16.4. The van der Waals surface area contributed by atoms with Crippen molar-refractivity contribution >= 4 is 27.0 Å². The number of hydrogen-bond donors (Lipinski definition) is 0. The van der Waals surface area contributed by atoms with Crippen LogP contribution in [-0.4, -0.2) is 19.9 Å². The van der Waals surface area contributed by atoms with Gasteiger partial charge in [-0.2, -0.15) is 13.2 Å². The van der Waals surface area contributed by atoms with Gasteiger partial charge in [-0.25, -0.2) is 12.8 Å². The number of aromatic nitrogens is 1. The van der Waals surface area contributed by atoms with Gasteiger partial charge in [-0.3, -0.25) is 9.29 Å². The van der Waals surface area contributed by atoms with Gasteiger partial charge in [0.25, 0.3) is 10.0 Å². The van der Waals surface area contributed by atoms with Crippen LogP contribution in [0.3, 0.4) is 0 Å². The van der Waals surface area contributed by atoms with Crippen LogP contribution >= 0.6 is 11.3 Å². The van der Waals surface area contributed by atoms with Gasteiger partial charge >= 0.3 is 6.18 Å². The summed E-state index contributed by atoms with van der Waals surface area (Å²) in [6.07, 6.45) is -0.947. The molecule has 4 nitrogen and oxygen atoms in total. The van der Waals surface area contributed by atoms with E-state index in [1.54, 1.807) is 11.4 Å². The summed E-state index contributed by atoms with van der Waals surface area (Å²) in [6, 6.07) is 5.44. The van der Waals surface area contributed by atoms with Crippen molar-refractivity contribution in [3.05, 3.63) is 65.0 Å². The zero-order chi connectivity index (χ0) is 20.8. The normalized spacial score (nSPS) is 14.7. The van der Waals surface area contributed by atoms with Crippen LogP contribution in [0.25, 0.3) is 11.1 Å². The molecule has 0 N–H and O–H groups in total. The van der Waals surface area contributed by atoms with E-state index in [1.165, 1.54) is 22.8 Å². The van der Waals surface area contributed by atoms with Crippen LogP contribution in [0.1, 0.15) is 17.5 Å². The van der Waals surface area contributed by atoms with E-state index in [0.717, 1.165) is 23.5 Å². The molecule has 0 bridgehead atoms. The molecule has 4 rings (SSSR count). The first-order valence-electron chi connectivity index (χ1n) is 8.60. The molecule has 10 heteroatoms. The van der Waals surface area contributed by atoms with Gasteiger partial charge < -0.3 is 0 Å². The van der Waals surface area contributed by atoms with E-state index >= 15 is 0 Å². The van der Waals surface area contributed by atoms with E-state index in [4.69, 9.17) is 0 Å². The molecule has 0 unspecified atom stereocenters. The number of benzene rings is 1. The van der Waals surface area contributed by atoms with E-state index in [9.17, 15) is 26.0 Å². The highest BCUT2D eigenvalue weighted by molar-refractivity contribution is 7.94. The Morgan fingerprint density at radius 2 is 1.90 bits per heavy atom. The minimum atomic E-state index is -4.65. The first kappa shape index (κ1) is 19.8. The van der Waals surface area contributed by atoms with Gasteiger partial charge in [0.1, 0.15) is 10.0 Å². The fourth-order valence-corrected chi connectivity index (χ4v) is 6.01. The van der Waals surface area contributed by atoms with Crippen molar-refractivity contribution in [2.45, 2.75) is 23.2 Å². The molecule has 3 aromatic rings. The molecule has 0 fully saturated rings. The fourth-order valence-electron chi connectivity index (χ4n) is 3.38. The first-order valence-corrected chi connectivity index (χ1v) is 10.9. The Morgan fingerprint density at radius 1 is 1.10 bits per heavy atom. The van der Waals surface area contributed by atoms with Crippen LogP contribution < -0.4 is 4.31 Å². The molecule has 0 atom stereocenters. The van der Waals surface area contributed by atoms with Crippen LogP contribution in [0, 0.1) is 5.82 Å². The minimum Gasteiger partial charge on any atom is -0.264 e. The zero-order valence-electron chi connectivity index (χ0n) is 14.8. The number of nitrogens with zero attached hydrogens (tertiary/aromatic N) is 2. The summed E-state index contributed by atoms with van der Waals surface area (Å²) in [7, 11) is -3.80. The molecule has 29 heavy (non-hydrogen) atoms. The lowest BCUT2D eigenvalue weighted by Crippen LogP contribution is -2.35. The molecular weight excluding hydrogens is 428 g/mol. The number of anilines is 1. The molecular formula is C19H14F4N2O2S2. The minimum absolute atomic E-state index is 0.0438. The average molecular weight is 442 g/mol. The highest BCUT2D eigenvalue weighted by atomic mass is 32.2. The van der Waals surface area contributed by atoms with E-state index in [1.807, 2.05) is 0 Å². The fraction of sp³-hybridized carbons (Fsp3) is 0.211. The van der Waals surface area contributed by atoms with Gasteiger partial charge in [-0.1, -0.05) is 12.1 Å². The van der Waals surface area contributed by atoms with Gasteiger partial charge in [0.2, 0.25) is 0 Å². The molecule has 2 aromatic heterocycles. The molecule has 3 heterocycles. The number of fused-ring (bicyclic) bond motifs is 1. The van der Waals surface area contributed by atoms with E-state index in [0.29, 0.717) is 35.7 Å². The van der Waals surface area contributed by atoms with Crippen LogP contribution in [-0.2, 0) is 22.6 Å². The molecule has 1 aliphatic heterocycles. The second-order valence-corrected chi connectivity index (χ2v) is 9.53. The number of rotatable bonds is 3. The monoisotopic (exact) mass is 442 g/mol. The van der Waals surface area contributed by atoms with E-state index < -0.39 is 27.6 Å². The second kappa shape index (κ2) is 7.10. The molecule has 152 valence electrons. The Labute approximate surface area is 168 Å². The van der Waals surface area contributed by atoms with Crippen LogP contribution in [0.2, 0.25) is 0 Å². The van der Waals surface area contributed by atoms with E-state index in [2.05, 4.69) is 4.98 Å². The summed E-state index contributed by atoms with van der Waals surface area (Å²) in [5, 5.41) is 1.66. The molecule has 0 radical (unpaired) electrons. The predicted molar refractivity (Wildman–Crippen MR) is 102 cm³/mol. The summed E-state index contributed by atoms with van der Waals surface area (Å²) >= 11 is 1.09. The Morgan fingerprint density at radius 3 is 2.55 bits per heavy atom. The molecule has 1 aromatic carbocycles. The maximum absolute atomic E-state index is 14.5. The van der Waals surface area contributed by atoms with Crippen molar-refractivity contribution in [2.24, 2.45) is 0 Å². The Hall–Kier alpha value is -2.46. The molecule has 0 aliphatic carbocycles. The summed E-state index contributed by atoms with van der Waals surface area (Å²) in [4.78, 5) is 4.04. The standard InChI is InChI=1S/C19H14F4N2O2S2/c20-16-9-12(19(21,22)23)5-6-13(16)15-10-24-11-17-14(15)3-1-7-25(17)29(26,27)18-4-2-8-28-18/h2,4-6,8-11H,1,3,7H2. The molecule has 0 amide bonds. The van der Waals surface area contributed by atoms with Gasteiger partial charge in [-0.05, 0) is 42.0 Å².